The standard InChI is InChI=1S/C11H23O2S/c1-13-10-11(7-9-14-2)6-4-3-5-8-12/h11-12H,2-10H2,1H3/t11-/m0/s1. The van der Waals surface area contributed by atoms with E-state index < -0.39 is 0 Å². The average molecular weight is 219 g/mol. The Balaban J connectivity index is 3.40. The number of aliphatic hydroxyl groups excluding tert-OH is 1. The number of ether oxygens (including phenoxy) is 1. The Morgan fingerprint density at radius 3 is 2.64 bits per heavy atom. The predicted octanol–water partition coefficient (Wildman–Crippen LogP) is 2.72. The minimum Gasteiger partial charge on any atom is -0.396 e. The maximum atomic E-state index is 8.64. The summed E-state index contributed by atoms with van der Waals surface area (Å²) in [5.74, 6) is 1.79. The van der Waals surface area contributed by atoms with Crippen molar-refractivity contribution in [1.82, 2.24) is 0 Å². The maximum absolute atomic E-state index is 8.64. The molecule has 0 aliphatic heterocycles. The molecule has 85 valence electrons. The smallest absolute Gasteiger partial charge is 0.0490 e. The second-order valence-corrected chi connectivity index (χ2v) is 4.41. The molecule has 0 fully saturated rings. The summed E-state index contributed by atoms with van der Waals surface area (Å²) in [4.78, 5) is 0. The highest BCUT2D eigenvalue weighted by atomic mass is 32.2. The molecule has 0 aromatic heterocycles. The van der Waals surface area contributed by atoms with Gasteiger partial charge in [0.2, 0.25) is 0 Å². The highest BCUT2D eigenvalue weighted by Gasteiger charge is 2.07. The van der Waals surface area contributed by atoms with E-state index in [1.54, 1.807) is 18.9 Å². The minimum absolute atomic E-state index is 0.323. The zero-order valence-electron chi connectivity index (χ0n) is 9.21. The molecule has 0 aliphatic rings. The van der Waals surface area contributed by atoms with Crippen molar-refractivity contribution in [2.45, 2.75) is 32.1 Å². The molecule has 0 spiro atoms. The van der Waals surface area contributed by atoms with Gasteiger partial charge in [-0.1, -0.05) is 12.8 Å². The van der Waals surface area contributed by atoms with E-state index in [2.05, 4.69) is 6.26 Å². The van der Waals surface area contributed by atoms with E-state index >= 15 is 0 Å². The van der Waals surface area contributed by atoms with Crippen LogP contribution in [0.25, 0.3) is 0 Å². The SMILES string of the molecule is [CH2]SCC[C@H](CCCCCO)COC. The van der Waals surface area contributed by atoms with Gasteiger partial charge in [-0.25, -0.2) is 0 Å². The first kappa shape index (κ1) is 14.3. The van der Waals surface area contributed by atoms with Crippen molar-refractivity contribution in [2.24, 2.45) is 5.92 Å². The molecule has 0 rings (SSSR count). The molecule has 1 atom stereocenters. The maximum Gasteiger partial charge on any atom is 0.0490 e. The molecule has 2 nitrogen and oxygen atoms in total. The van der Waals surface area contributed by atoms with Crippen LogP contribution in [0, 0.1) is 12.2 Å². The Hall–Kier alpha value is 0.270. The summed E-state index contributed by atoms with van der Waals surface area (Å²) in [6, 6.07) is 0. The van der Waals surface area contributed by atoms with Crippen LogP contribution in [0.1, 0.15) is 32.1 Å². The first-order chi connectivity index (χ1) is 6.85. The van der Waals surface area contributed by atoms with Gasteiger partial charge in [-0.05, 0) is 30.9 Å². The van der Waals surface area contributed by atoms with Crippen molar-refractivity contribution in [3.05, 3.63) is 6.26 Å². The van der Waals surface area contributed by atoms with E-state index in [0.29, 0.717) is 12.5 Å². The fourth-order valence-corrected chi connectivity index (χ4v) is 2.02. The number of unbranched alkanes of at least 4 members (excludes halogenated alkanes) is 2. The van der Waals surface area contributed by atoms with Gasteiger partial charge in [-0.2, -0.15) is 11.8 Å². The summed E-state index contributed by atoms with van der Waals surface area (Å²) in [5, 5.41) is 8.64. The van der Waals surface area contributed by atoms with Gasteiger partial charge in [0.15, 0.2) is 0 Å². The predicted molar refractivity (Wildman–Crippen MR) is 63.4 cm³/mol. The van der Waals surface area contributed by atoms with E-state index in [-0.39, 0.29) is 0 Å². The third-order valence-corrected chi connectivity index (χ3v) is 2.87. The van der Waals surface area contributed by atoms with Crippen LogP contribution in [-0.4, -0.2) is 31.2 Å². The van der Waals surface area contributed by atoms with Crippen LogP contribution in [0.5, 0.6) is 0 Å². The number of hydrogen-bond acceptors (Lipinski definition) is 3. The van der Waals surface area contributed by atoms with Crippen LogP contribution in [0.4, 0.5) is 0 Å². The average Bonchev–Trinajstić information content (AvgIpc) is 2.20. The molecule has 0 aromatic carbocycles. The van der Waals surface area contributed by atoms with Crippen molar-refractivity contribution < 1.29 is 9.84 Å². The molecule has 0 amide bonds. The Labute approximate surface area is 92.4 Å². The van der Waals surface area contributed by atoms with Crippen molar-refractivity contribution in [1.29, 1.82) is 0 Å². The molecule has 0 unspecified atom stereocenters. The lowest BCUT2D eigenvalue weighted by Crippen LogP contribution is -2.09. The first-order valence-electron chi connectivity index (χ1n) is 5.32. The molecule has 0 saturated heterocycles. The van der Waals surface area contributed by atoms with Crippen LogP contribution in [0.15, 0.2) is 0 Å². The number of thioether (sulfide) groups is 1. The Kier molecular flexibility index (Phi) is 11.6. The molecule has 0 aliphatic carbocycles. The molecule has 1 N–H and O–H groups in total. The molecule has 1 radical (unpaired) electrons. The minimum atomic E-state index is 0.323. The zero-order valence-corrected chi connectivity index (χ0v) is 10.0. The number of hydrogen-bond donors (Lipinski definition) is 1. The summed E-state index contributed by atoms with van der Waals surface area (Å²) in [6.45, 7) is 1.18. The zero-order chi connectivity index (χ0) is 10.6. The lowest BCUT2D eigenvalue weighted by Gasteiger charge is -2.14. The number of aliphatic hydroxyl groups is 1. The van der Waals surface area contributed by atoms with Crippen molar-refractivity contribution in [3.8, 4) is 0 Å². The van der Waals surface area contributed by atoms with E-state index in [4.69, 9.17) is 9.84 Å². The van der Waals surface area contributed by atoms with Gasteiger partial charge in [0, 0.05) is 26.6 Å². The largest absolute Gasteiger partial charge is 0.396 e. The first-order valence-corrected chi connectivity index (χ1v) is 6.47. The summed E-state index contributed by atoms with van der Waals surface area (Å²) < 4.78 is 5.18. The fraction of sp³-hybridized carbons (Fsp3) is 0.909. The van der Waals surface area contributed by atoms with Gasteiger partial charge in [0.25, 0.3) is 0 Å². The summed E-state index contributed by atoms with van der Waals surface area (Å²) in [5.41, 5.74) is 0. The molecule has 3 heteroatoms. The van der Waals surface area contributed by atoms with Gasteiger partial charge < -0.3 is 9.84 Å². The van der Waals surface area contributed by atoms with Crippen LogP contribution >= 0.6 is 11.8 Å². The molecular formula is C11H23O2S. The number of methoxy groups -OCH3 is 1. The second-order valence-electron chi connectivity index (χ2n) is 3.59. The topological polar surface area (TPSA) is 29.5 Å². The Morgan fingerprint density at radius 1 is 1.29 bits per heavy atom. The lowest BCUT2D eigenvalue weighted by atomic mass is 9.99. The molecule has 0 bridgehead atoms. The van der Waals surface area contributed by atoms with Crippen molar-refractivity contribution in [3.63, 3.8) is 0 Å². The van der Waals surface area contributed by atoms with E-state index in [9.17, 15) is 0 Å². The summed E-state index contributed by atoms with van der Waals surface area (Å²) >= 11 is 1.65. The van der Waals surface area contributed by atoms with Crippen molar-refractivity contribution in [2.75, 3.05) is 26.1 Å². The fourth-order valence-electron chi connectivity index (χ4n) is 1.52. The monoisotopic (exact) mass is 219 g/mol. The Morgan fingerprint density at radius 2 is 2.07 bits per heavy atom. The van der Waals surface area contributed by atoms with E-state index in [1.807, 2.05) is 0 Å². The quantitative estimate of drug-likeness (QED) is 0.573. The molecular weight excluding hydrogens is 196 g/mol. The van der Waals surface area contributed by atoms with Gasteiger partial charge in [-0.15, -0.1) is 0 Å². The van der Waals surface area contributed by atoms with Gasteiger partial charge in [-0.3, -0.25) is 0 Å². The Bertz CT molecular complexity index is 109. The third kappa shape index (κ3) is 8.85. The normalized spacial score (nSPS) is 13.1. The lowest BCUT2D eigenvalue weighted by molar-refractivity contribution is 0.144. The highest BCUT2D eigenvalue weighted by molar-refractivity contribution is 8.00. The van der Waals surface area contributed by atoms with E-state index in [0.717, 1.165) is 25.2 Å². The van der Waals surface area contributed by atoms with Gasteiger partial charge >= 0.3 is 0 Å². The molecule has 0 heterocycles. The molecule has 0 saturated carbocycles. The highest BCUT2D eigenvalue weighted by Crippen LogP contribution is 2.16. The van der Waals surface area contributed by atoms with Crippen molar-refractivity contribution >= 4 is 11.8 Å². The van der Waals surface area contributed by atoms with Crippen LogP contribution in [0.2, 0.25) is 0 Å². The van der Waals surface area contributed by atoms with E-state index in [1.165, 1.54) is 19.3 Å². The van der Waals surface area contributed by atoms with Crippen LogP contribution < -0.4 is 0 Å². The van der Waals surface area contributed by atoms with Gasteiger partial charge in [0.05, 0.1) is 0 Å². The molecule has 14 heavy (non-hydrogen) atoms. The van der Waals surface area contributed by atoms with Crippen LogP contribution in [0.3, 0.4) is 0 Å². The van der Waals surface area contributed by atoms with Crippen LogP contribution in [-0.2, 0) is 4.74 Å². The number of rotatable bonds is 10. The summed E-state index contributed by atoms with van der Waals surface area (Å²) in [7, 11) is 1.76. The summed E-state index contributed by atoms with van der Waals surface area (Å²) in [6.07, 6.45) is 9.45. The third-order valence-electron chi connectivity index (χ3n) is 2.34. The second kappa shape index (κ2) is 11.3. The van der Waals surface area contributed by atoms with Gasteiger partial charge in [0.1, 0.15) is 0 Å². The molecule has 0 aromatic rings.